The standard InChI is InChI=1S/C16H17ClN2O.C5H10O2/c1-3-15(20)10(2)11-5-4-6-12(7-11)13-8-16(18)19-9-14(13)17;6-5-2-1-3-7-4-5/h4-10H,3H2,1-2H3,(H2,18,19);5-6H,1-4H2. The van der Waals surface area contributed by atoms with E-state index in [2.05, 4.69) is 4.98 Å². The van der Waals surface area contributed by atoms with Gasteiger partial charge in [-0.05, 0) is 30.0 Å². The molecule has 1 saturated heterocycles. The quantitative estimate of drug-likeness (QED) is 0.816. The summed E-state index contributed by atoms with van der Waals surface area (Å²) >= 11 is 6.17. The summed E-state index contributed by atoms with van der Waals surface area (Å²) in [6.45, 7) is 5.17. The first-order valence-corrected chi connectivity index (χ1v) is 9.60. The van der Waals surface area contributed by atoms with Crippen molar-refractivity contribution in [3.05, 3.63) is 47.1 Å². The van der Waals surface area contributed by atoms with Gasteiger partial charge in [-0.2, -0.15) is 0 Å². The number of hydrogen-bond acceptors (Lipinski definition) is 5. The van der Waals surface area contributed by atoms with Crippen LogP contribution in [0.1, 0.15) is 44.6 Å². The van der Waals surface area contributed by atoms with Crippen molar-refractivity contribution in [3.63, 3.8) is 0 Å². The molecule has 0 saturated carbocycles. The number of aliphatic hydroxyl groups is 1. The monoisotopic (exact) mass is 390 g/mol. The number of ether oxygens (including phenoxy) is 1. The van der Waals surface area contributed by atoms with E-state index in [1.54, 1.807) is 12.3 Å². The minimum absolute atomic E-state index is 0.113. The van der Waals surface area contributed by atoms with Crippen LogP contribution in [0.4, 0.5) is 5.82 Å². The van der Waals surface area contributed by atoms with E-state index in [-0.39, 0.29) is 17.8 Å². The molecule has 3 rings (SSSR count). The fourth-order valence-electron chi connectivity index (χ4n) is 2.87. The topological polar surface area (TPSA) is 85.4 Å². The number of nitrogen functional groups attached to an aromatic ring is 1. The average Bonchev–Trinajstić information content (AvgIpc) is 2.70. The van der Waals surface area contributed by atoms with Crippen LogP contribution in [0.15, 0.2) is 36.5 Å². The molecule has 2 atom stereocenters. The van der Waals surface area contributed by atoms with Gasteiger partial charge >= 0.3 is 0 Å². The number of carbonyl (C=O) groups excluding carboxylic acids is 1. The third kappa shape index (κ3) is 6.31. The molecule has 0 radical (unpaired) electrons. The highest BCUT2D eigenvalue weighted by Crippen LogP contribution is 2.30. The van der Waals surface area contributed by atoms with Gasteiger partial charge in [0.05, 0.1) is 17.7 Å². The fourth-order valence-corrected chi connectivity index (χ4v) is 3.08. The van der Waals surface area contributed by atoms with Gasteiger partial charge in [0.2, 0.25) is 0 Å². The van der Waals surface area contributed by atoms with E-state index in [1.165, 1.54) is 0 Å². The Hall–Kier alpha value is -1.95. The van der Waals surface area contributed by atoms with Crippen LogP contribution in [0.25, 0.3) is 11.1 Å². The van der Waals surface area contributed by atoms with Crippen molar-refractivity contribution in [3.8, 4) is 11.1 Å². The molecule has 1 aromatic heterocycles. The number of hydrogen-bond donors (Lipinski definition) is 2. The van der Waals surface area contributed by atoms with Crippen LogP contribution in [-0.2, 0) is 9.53 Å². The summed E-state index contributed by atoms with van der Waals surface area (Å²) in [5, 5.41) is 9.33. The van der Waals surface area contributed by atoms with Crippen LogP contribution < -0.4 is 5.73 Å². The molecule has 0 spiro atoms. The molecule has 2 heterocycles. The second kappa shape index (κ2) is 10.4. The summed E-state index contributed by atoms with van der Waals surface area (Å²) in [4.78, 5) is 15.8. The summed E-state index contributed by atoms with van der Waals surface area (Å²) < 4.78 is 4.93. The highest BCUT2D eigenvalue weighted by molar-refractivity contribution is 6.33. The normalized spacial score (nSPS) is 17.6. The van der Waals surface area contributed by atoms with Gasteiger partial charge < -0.3 is 15.6 Å². The molecule has 6 heteroatoms. The van der Waals surface area contributed by atoms with E-state index < -0.39 is 0 Å². The lowest BCUT2D eigenvalue weighted by atomic mass is 9.92. The molecule has 1 aliphatic rings. The number of ketones is 1. The van der Waals surface area contributed by atoms with E-state index in [4.69, 9.17) is 27.2 Å². The van der Waals surface area contributed by atoms with Crippen molar-refractivity contribution >= 4 is 23.2 Å². The highest BCUT2D eigenvalue weighted by atomic mass is 35.5. The Bertz CT molecular complexity index is 761. The molecule has 0 aliphatic carbocycles. The molecule has 146 valence electrons. The molecule has 0 bridgehead atoms. The van der Waals surface area contributed by atoms with Crippen molar-refractivity contribution in [1.29, 1.82) is 0 Å². The number of halogens is 1. The molecule has 1 aliphatic heterocycles. The van der Waals surface area contributed by atoms with Gasteiger partial charge in [-0.1, -0.05) is 49.7 Å². The second-order valence-corrected chi connectivity index (χ2v) is 7.03. The highest BCUT2D eigenvalue weighted by Gasteiger charge is 2.14. The number of aliphatic hydroxyl groups excluding tert-OH is 1. The lowest BCUT2D eigenvalue weighted by Crippen LogP contribution is -2.21. The van der Waals surface area contributed by atoms with E-state index in [1.807, 2.05) is 38.1 Å². The van der Waals surface area contributed by atoms with Crippen molar-refractivity contribution in [2.24, 2.45) is 0 Å². The molecule has 0 amide bonds. The maximum Gasteiger partial charge on any atom is 0.139 e. The predicted octanol–water partition coefficient (Wildman–Crippen LogP) is 4.22. The summed E-state index contributed by atoms with van der Waals surface area (Å²) in [6, 6.07) is 9.57. The van der Waals surface area contributed by atoms with Crippen molar-refractivity contribution in [2.75, 3.05) is 18.9 Å². The minimum Gasteiger partial charge on any atom is -0.391 e. The number of Topliss-reactive ketones (excluding diaryl/α,β-unsaturated/α-hetero) is 1. The molecular formula is C21H27ClN2O3. The summed E-state index contributed by atoms with van der Waals surface area (Å²) in [7, 11) is 0. The Balaban J connectivity index is 0.000000313. The summed E-state index contributed by atoms with van der Waals surface area (Å²) in [6.07, 6.45) is 3.82. The van der Waals surface area contributed by atoms with Crippen LogP contribution in [0.2, 0.25) is 5.02 Å². The van der Waals surface area contributed by atoms with E-state index in [0.717, 1.165) is 36.1 Å². The van der Waals surface area contributed by atoms with Crippen LogP contribution in [-0.4, -0.2) is 35.2 Å². The number of pyridine rings is 1. The molecule has 2 aromatic rings. The Labute approximate surface area is 165 Å². The van der Waals surface area contributed by atoms with Crippen LogP contribution >= 0.6 is 11.6 Å². The largest absolute Gasteiger partial charge is 0.391 e. The van der Waals surface area contributed by atoms with Gasteiger partial charge in [-0.15, -0.1) is 0 Å². The van der Waals surface area contributed by atoms with Crippen LogP contribution in [0, 0.1) is 0 Å². The van der Waals surface area contributed by atoms with Crippen molar-refractivity contribution < 1.29 is 14.6 Å². The Kier molecular flexibility index (Phi) is 8.23. The third-order valence-electron chi connectivity index (χ3n) is 4.54. The number of rotatable bonds is 4. The zero-order valence-electron chi connectivity index (χ0n) is 15.8. The maximum atomic E-state index is 11.8. The second-order valence-electron chi connectivity index (χ2n) is 6.63. The number of benzene rings is 1. The number of carbonyl (C=O) groups is 1. The van der Waals surface area contributed by atoms with Gasteiger partial charge in [-0.25, -0.2) is 4.98 Å². The summed E-state index contributed by atoms with van der Waals surface area (Å²) in [5.41, 5.74) is 8.47. The van der Waals surface area contributed by atoms with Gasteiger partial charge in [0.1, 0.15) is 11.6 Å². The number of anilines is 1. The first-order valence-electron chi connectivity index (χ1n) is 9.22. The Morgan fingerprint density at radius 1 is 1.44 bits per heavy atom. The maximum absolute atomic E-state index is 11.8. The van der Waals surface area contributed by atoms with Crippen molar-refractivity contribution in [1.82, 2.24) is 4.98 Å². The fraction of sp³-hybridized carbons (Fsp3) is 0.429. The first kappa shape index (κ1) is 21.4. The molecule has 1 aromatic carbocycles. The zero-order valence-corrected chi connectivity index (χ0v) is 16.6. The summed E-state index contributed by atoms with van der Waals surface area (Å²) in [5.74, 6) is 0.535. The zero-order chi connectivity index (χ0) is 19.8. The van der Waals surface area contributed by atoms with Gasteiger partial charge in [-0.3, -0.25) is 4.79 Å². The lowest BCUT2D eigenvalue weighted by Gasteiger charge is -2.15. The predicted molar refractivity (Wildman–Crippen MR) is 109 cm³/mol. The number of aromatic nitrogens is 1. The van der Waals surface area contributed by atoms with Crippen molar-refractivity contribution in [2.45, 2.75) is 45.1 Å². The lowest BCUT2D eigenvalue weighted by molar-refractivity contribution is -0.119. The molecule has 1 fully saturated rings. The Morgan fingerprint density at radius 2 is 2.22 bits per heavy atom. The third-order valence-corrected chi connectivity index (χ3v) is 4.84. The van der Waals surface area contributed by atoms with Gasteiger partial charge in [0.15, 0.2) is 0 Å². The van der Waals surface area contributed by atoms with Crippen LogP contribution in [0.3, 0.4) is 0 Å². The van der Waals surface area contributed by atoms with E-state index in [0.29, 0.717) is 23.9 Å². The minimum atomic E-state index is -0.186. The average molecular weight is 391 g/mol. The Morgan fingerprint density at radius 3 is 2.81 bits per heavy atom. The van der Waals surface area contributed by atoms with Gasteiger partial charge in [0, 0.05) is 30.7 Å². The molecule has 27 heavy (non-hydrogen) atoms. The molecular weight excluding hydrogens is 364 g/mol. The molecule has 3 N–H and O–H groups in total. The van der Waals surface area contributed by atoms with E-state index >= 15 is 0 Å². The van der Waals surface area contributed by atoms with E-state index in [9.17, 15) is 4.79 Å². The smallest absolute Gasteiger partial charge is 0.139 e. The van der Waals surface area contributed by atoms with Crippen LogP contribution in [0.5, 0.6) is 0 Å². The molecule has 2 unspecified atom stereocenters. The molecule has 5 nitrogen and oxygen atoms in total. The number of nitrogens with zero attached hydrogens (tertiary/aromatic N) is 1. The van der Waals surface area contributed by atoms with Gasteiger partial charge in [0.25, 0.3) is 0 Å². The first-order chi connectivity index (χ1) is 12.9. The SMILES string of the molecule is CCC(=O)C(C)c1cccc(-c2cc(N)ncc2Cl)c1.OC1CCCOC1. The number of nitrogens with two attached hydrogens (primary N) is 1.